The van der Waals surface area contributed by atoms with Gasteiger partial charge >= 0.3 is 12.1 Å². The van der Waals surface area contributed by atoms with Crippen LogP contribution in [0.3, 0.4) is 0 Å². The molecule has 9 heteroatoms. The average Bonchev–Trinajstić information content (AvgIpc) is 2.94. The van der Waals surface area contributed by atoms with Gasteiger partial charge in [0.15, 0.2) is 6.61 Å². The highest BCUT2D eigenvalue weighted by molar-refractivity contribution is 5.72. The van der Waals surface area contributed by atoms with Crippen molar-refractivity contribution in [3.05, 3.63) is 117 Å². The maximum atomic E-state index is 13.9. The van der Waals surface area contributed by atoms with Gasteiger partial charge in [0.05, 0.1) is 25.3 Å². The molecule has 0 N–H and O–H groups in total. The van der Waals surface area contributed by atoms with E-state index >= 15 is 0 Å². The van der Waals surface area contributed by atoms with Crippen LogP contribution in [0.25, 0.3) is 27.2 Å². The molecular formula is C32H27F3N2O4. The Hall–Kier alpha value is -4.84. The minimum Gasteiger partial charge on any atom is -0.482 e. The second kappa shape index (κ2) is 12.1. The summed E-state index contributed by atoms with van der Waals surface area (Å²) in [6, 6.07) is 20.3. The molecule has 0 fully saturated rings. The van der Waals surface area contributed by atoms with E-state index < -0.39 is 29.0 Å². The molecule has 0 radical (unpaired) electrons. The minimum atomic E-state index is -4.87. The summed E-state index contributed by atoms with van der Waals surface area (Å²) in [6.07, 6.45) is -4.87. The van der Waals surface area contributed by atoms with Crippen LogP contribution in [0.15, 0.2) is 77.6 Å². The predicted molar refractivity (Wildman–Crippen MR) is 150 cm³/mol. The molecule has 0 aliphatic rings. The highest BCUT2D eigenvalue weighted by atomic mass is 19.4. The van der Waals surface area contributed by atoms with E-state index in [4.69, 9.17) is 16.0 Å². The largest absolute Gasteiger partial charge is 0.482 e. The molecule has 1 heterocycles. The zero-order valence-corrected chi connectivity index (χ0v) is 22.7. The monoisotopic (exact) mass is 560 g/mol. The lowest BCUT2D eigenvalue weighted by Gasteiger charge is -2.19. The summed E-state index contributed by atoms with van der Waals surface area (Å²) in [5.74, 6) is 0.00899. The smallest absolute Gasteiger partial charge is 0.407 e. The third kappa shape index (κ3) is 6.67. The number of carbonyl (C=O) groups excluding carboxylic acids is 1. The van der Waals surface area contributed by atoms with E-state index in [1.54, 1.807) is 55.5 Å². The fourth-order valence-corrected chi connectivity index (χ4v) is 4.47. The first-order valence-electron chi connectivity index (χ1n) is 12.8. The molecule has 0 aliphatic carbocycles. The summed E-state index contributed by atoms with van der Waals surface area (Å²) in [7, 11) is 0. The SMILES string of the molecule is [C-]#[N+]c1c(C(F)(F)F)cc(-c2ccc(-c3ccc(OCC(=O)OCC)cc3)cc2)n(Cc2ccc(C)cc2C)c1=O. The third-order valence-corrected chi connectivity index (χ3v) is 6.55. The van der Waals surface area contributed by atoms with Gasteiger partial charge in [-0.2, -0.15) is 13.2 Å². The molecule has 0 spiro atoms. The van der Waals surface area contributed by atoms with Crippen molar-refractivity contribution in [2.24, 2.45) is 0 Å². The lowest BCUT2D eigenvalue weighted by Crippen LogP contribution is -2.25. The van der Waals surface area contributed by atoms with Gasteiger partial charge in [-0.25, -0.2) is 9.64 Å². The molecule has 0 atom stereocenters. The summed E-state index contributed by atoms with van der Waals surface area (Å²) in [5.41, 5.74) is 1.51. The zero-order valence-electron chi connectivity index (χ0n) is 22.7. The van der Waals surface area contributed by atoms with E-state index in [9.17, 15) is 22.8 Å². The Morgan fingerprint density at radius 3 is 2.10 bits per heavy atom. The van der Waals surface area contributed by atoms with E-state index in [0.29, 0.717) is 11.3 Å². The molecule has 0 bridgehead atoms. The van der Waals surface area contributed by atoms with Gasteiger partial charge in [0, 0.05) is 5.69 Å². The first-order chi connectivity index (χ1) is 19.5. The number of rotatable bonds is 8. The zero-order chi connectivity index (χ0) is 29.7. The molecule has 4 aromatic rings. The Morgan fingerprint density at radius 1 is 0.927 bits per heavy atom. The Balaban J connectivity index is 1.72. The van der Waals surface area contributed by atoms with Gasteiger partial charge in [0.2, 0.25) is 0 Å². The molecule has 41 heavy (non-hydrogen) atoms. The topological polar surface area (TPSA) is 61.9 Å². The number of ether oxygens (including phenoxy) is 2. The number of carbonyl (C=O) groups is 1. The second-order valence-corrected chi connectivity index (χ2v) is 9.42. The van der Waals surface area contributed by atoms with Gasteiger partial charge in [-0.1, -0.05) is 60.2 Å². The molecule has 0 amide bonds. The number of esters is 1. The van der Waals surface area contributed by atoms with E-state index in [2.05, 4.69) is 4.85 Å². The molecule has 0 saturated heterocycles. The Bertz CT molecular complexity index is 1670. The average molecular weight is 561 g/mol. The summed E-state index contributed by atoms with van der Waals surface area (Å²) >= 11 is 0. The maximum Gasteiger partial charge on any atom is 0.407 e. The van der Waals surface area contributed by atoms with Gasteiger partial charge in [-0.05, 0) is 66.8 Å². The molecule has 6 nitrogen and oxygen atoms in total. The second-order valence-electron chi connectivity index (χ2n) is 9.42. The van der Waals surface area contributed by atoms with Crippen molar-refractivity contribution in [2.45, 2.75) is 33.5 Å². The minimum absolute atomic E-state index is 0.00987. The molecule has 0 aliphatic heterocycles. The first kappa shape index (κ1) is 29.2. The number of aryl methyl sites for hydroxylation is 2. The molecule has 0 unspecified atom stereocenters. The van der Waals surface area contributed by atoms with E-state index in [0.717, 1.165) is 33.9 Å². The molecule has 3 aromatic carbocycles. The van der Waals surface area contributed by atoms with Crippen LogP contribution in [0, 0.1) is 20.4 Å². The van der Waals surface area contributed by atoms with Crippen LogP contribution in [-0.2, 0) is 22.3 Å². The van der Waals surface area contributed by atoms with Crippen LogP contribution in [0.1, 0.15) is 29.2 Å². The molecule has 0 saturated carbocycles. The Morgan fingerprint density at radius 2 is 1.54 bits per heavy atom. The van der Waals surface area contributed by atoms with Crippen LogP contribution in [0.5, 0.6) is 5.75 Å². The number of hydrogen-bond acceptors (Lipinski definition) is 4. The number of hydrogen-bond donors (Lipinski definition) is 0. The number of nitrogens with zero attached hydrogens (tertiary/aromatic N) is 2. The molecular weight excluding hydrogens is 533 g/mol. The van der Waals surface area contributed by atoms with Crippen LogP contribution in [-0.4, -0.2) is 23.8 Å². The Labute approximate surface area is 235 Å². The quantitative estimate of drug-likeness (QED) is 0.167. The Kier molecular flexibility index (Phi) is 8.62. The van der Waals surface area contributed by atoms with Crippen LogP contribution >= 0.6 is 0 Å². The van der Waals surface area contributed by atoms with Gasteiger partial charge in [0.1, 0.15) is 5.75 Å². The first-order valence-corrected chi connectivity index (χ1v) is 12.8. The summed E-state index contributed by atoms with van der Waals surface area (Å²) in [4.78, 5) is 27.8. The predicted octanol–water partition coefficient (Wildman–Crippen LogP) is 7.36. The van der Waals surface area contributed by atoms with Crippen LogP contribution in [0.2, 0.25) is 0 Å². The molecule has 210 valence electrons. The van der Waals surface area contributed by atoms with Crippen molar-refractivity contribution < 1.29 is 27.4 Å². The lowest BCUT2D eigenvalue weighted by molar-refractivity contribution is -0.145. The molecule has 1 aromatic heterocycles. The van der Waals surface area contributed by atoms with Gasteiger partial charge in [0.25, 0.3) is 11.2 Å². The lowest BCUT2D eigenvalue weighted by atomic mass is 10.0. The number of aromatic nitrogens is 1. The number of alkyl halides is 3. The van der Waals surface area contributed by atoms with Crippen LogP contribution in [0.4, 0.5) is 18.9 Å². The standard InChI is InChI=1S/C32H27F3N2O4/c1-5-40-29(38)19-41-26-14-12-23(13-15-26)22-8-10-24(11-9-22)28-17-27(32(33,34)35)30(36-4)31(39)37(28)18-25-7-6-20(2)16-21(25)3/h6-17H,5,18-19H2,1-3H3. The number of halogens is 3. The van der Waals surface area contributed by atoms with Crippen molar-refractivity contribution in [3.8, 4) is 28.1 Å². The number of pyridine rings is 1. The van der Waals surface area contributed by atoms with E-state index in [1.165, 1.54) is 4.57 Å². The van der Waals surface area contributed by atoms with Crippen molar-refractivity contribution in [3.63, 3.8) is 0 Å². The van der Waals surface area contributed by atoms with E-state index in [1.807, 2.05) is 32.0 Å². The van der Waals surface area contributed by atoms with Crippen molar-refractivity contribution in [2.75, 3.05) is 13.2 Å². The summed E-state index contributed by atoms with van der Waals surface area (Å²) < 4.78 is 53.2. The highest BCUT2D eigenvalue weighted by Crippen LogP contribution is 2.37. The maximum absolute atomic E-state index is 13.9. The molecule has 4 rings (SSSR count). The van der Waals surface area contributed by atoms with Crippen molar-refractivity contribution in [1.29, 1.82) is 0 Å². The van der Waals surface area contributed by atoms with Gasteiger partial charge < -0.3 is 14.0 Å². The highest BCUT2D eigenvalue weighted by Gasteiger charge is 2.36. The number of benzene rings is 3. The fourth-order valence-electron chi connectivity index (χ4n) is 4.47. The third-order valence-electron chi connectivity index (χ3n) is 6.55. The van der Waals surface area contributed by atoms with E-state index in [-0.39, 0.29) is 25.5 Å². The fraction of sp³-hybridized carbons (Fsp3) is 0.219. The summed E-state index contributed by atoms with van der Waals surface area (Å²) in [5, 5.41) is 0. The normalized spacial score (nSPS) is 11.1. The van der Waals surface area contributed by atoms with Gasteiger partial charge in [-0.3, -0.25) is 4.79 Å². The summed E-state index contributed by atoms with van der Waals surface area (Å²) in [6.45, 7) is 12.9. The van der Waals surface area contributed by atoms with Crippen LogP contribution < -0.4 is 10.3 Å². The van der Waals surface area contributed by atoms with Crippen molar-refractivity contribution >= 4 is 11.7 Å². The van der Waals surface area contributed by atoms with Gasteiger partial charge in [-0.15, -0.1) is 0 Å². The van der Waals surface area contributed by atoms with Crippen molar-refractivity contribution in [1.82, 2.24) is 4.57 Å².